The van der Waals surface area contributed by atoms with Crippen molar-refractivity contribution in [3.8, 4) is 5.75 Å². The highest BCUT2D eigenvalue weighted by Crippen LogP contribution is 2.60. The lowest BCUT2D eigenvalue weighted by Gasteiger charge is -2.32. The molecule has 0 aromatic heterocycles. The van der Waals surface area contributed by atoms with Crippen LogP contribution in [0.1, 0.15) is 33.1 Å². The van der Waals surface area contributed by atoms with E-state index in [1.165, 1.54) is 7.11 Å². The Kier molecular flexibility index (Phi) is 3.48. The normalized spacial score (nSPS) is 28.7. The first-order valence-electron chi connectivity index (χ1n) is 7.51. The van der Waals surface area contributed by atoms with Gasteiger partial charge in [-0.25, -0.2) is 0 Å². The van der Waals surface area contributed by atoms with E-state index < -0.39 is 10.8 Å². The number of methoxy groups -OCH3 is 1. The van der Waals surface area contributed by atoms with Gasteiger partial charge in [0.2, 0.25) is 5.91 Å². The lowest BCUT2D eigenvalue weighted by molar-refractivity contribution is -0.142. The van der Waals surface area contributed by atoms with Crippen molar-refractivity contribution in [1.82, 2.24) is 0 Å². The van der Waals surface area contributed by atoms with Crippen molar-refractivity contribution in [3.05, 3.63) is 23.2 Å². The van der Waals surface area contributed by atoms with Crippen molar-refractivity contribution < 1.29 is 14.3 Å². The molecule has 1 aromatic rings. The maximum Gasteiger partial charge on any atom is 0.238 e. The topological polar surface area (TPSA) is 55.4 Å². The minimum absolute atomic E-state index is 0.0646. The predicted octanol–water partition coefficient (Wildman–Crippen LogP) is 3.68. The quantitative estimate of drug-likeness (QED) is 0.864. The molecule has 5 heteroatoms. The number of anilines is 1. The van der Waals surface area contributed by atoms with Gasteiger partial charge in [0, 0.05) is 10.4 Å². The van der Waals surface area contributed by atoms with E-state index in [1.807, 2.05) is 13.8 Å². The summed E-state index contributed by atoms with van der Waals surface area (Å²) in [4.78, 5) is 25.6. The van der Waals surface area contributed by atoms with Crippen molar-refractivity contribution in [2.75, 3.05) is 12.4 Å². The standard InChI is InChI=1S/C17H20ClNO3/c1-16(2)10-6-7-17(9-10,14(16)20)15(21)19-12-8-11(18)4-5-13(12)22-3/h4-5,8,10H,6-7,9H2,1-3H3,(H,19,21). The molecule has 118 valence electrons. The number of carbonyl (C=O) groups is 2. The van der Waals surface area contributed by atoms with Crippen LogP contribution in [0.4, 0.5) is 5.69 Å². The van der Waals surface area contributed by atoms with E-state index in [0.29, 0.717) is 35.2 Å². The molecule has 2 bridgehead atoms. The van der Waals surface area contributed by atoms with E-state index in [2.05, 4.69) is 5.32 Å². The number of Topliss-reactive ketones (excluding diaryl/α,β-unsaturated/α-hetero) is 1. The van der Waals surface area contributed by atoms with Gasteiger partial charge in [-0.1, -0.05) is 25.4 Å². The summed E-state index contributed by atoms with van der Waals surface area (Å²) in [6, 6.07) is 5.04. The summed E-state index contributed by atoms with van der Waals surface area (Å²) in [6.07, 6.45) is 2.21. The number of benzene rings is 1. The zero-order chi connectivity index (χ0) is 16.1. The first-order valence-corrected chi connectivity index (χ1v) is 7.89. The lowest BCUT2D eigenvalue weighted by atomic mass is 9.70. The average molecular weight is 322 g/mol. The smallest absolute Gasteiger partial charge is 0.238 e. The molecule has 0 heterocycles. The molecule has 0 spiro atoms. The Morgan fingerprint density at radius 2 is 2.14 bits per heavy atom. The molecule has 1 amide bonds. The number of carbonyl (C=O) groups excluding carboxylic acids is 2. The maximum absolute atomic E-state index is 12.8. The lowest BCUT2D eigenvalue weighted by Crippen LogP contribution is -2.44. The number of hydrogen-bond donors (Lipinski definition) is 1. The summed E-state index contributed by atoms with van der Waals surface area (Å²) < 4.78 is 5.25. The fraction of sp³-hybridized carbons (Fsp3) is 0.529. The van der Waals surface area contributed by atoms with Crippen LogP contribution in [0.5, 0.6) is 5.75 Å². The molecule has 2 aliphatic rings. The molecule has 2 unspecified atom stereocenters. The molecule has 2 saturated carbocycles. The van der Waals surface area contributed by atoms with Gasteiger partial charge in [-0.05, 0) is 43.4 Å². The molecule has 2 atom stereocenters. The Bertz CT molecular complexity index is 655. The van der Waals surface area contributed by atoms with Gasteiger partial charge in [0.1, 0.15) is 11.2 Å². The van der Waals surface area contributed by atoms with E-state index in [-0.39, 0.29) is 11.7 Å². The Labute approximate surface area is 135 Å². The first-order chi connectivity index (χ1) is 10.3. The van der Waals surface area contributed by atoms with Gasteiger partial charge in [0.05, 0.1) is 12.8 Å². The van der Waals surface area contributed by atoms with Crippen LogP contribution < -0.4 is 10.1 Å². The van der Waals surface area contributed by atoms with E-state index in [4.69, 9.17) is 16.3 Å². The van der Waals surface area contributed by atoms with Gasteiger partial charge in [-0.2, -0.15) is 0 Å². The molecule has 1 N–H and O–H groups in total. The van der Waals surface area contributed by atoms with Crippen LogP contribution in [0.2, 0.25) is 5.02 Å². The third-order valence-electron chi connectivity index (χ3n) is 5.40. The number of rotatable bonds is 3. The minimum Gasteiger partial charge on any atom is -0.495 e. The SMILES string of the molecule is COc1ccc(Cl)cc1NC(=O)C12CCC(C1)C(C)(C)C2=O. The zero-order valence-corrected chi connectivity index (χ0v) is 13.8. The van der Waals surface area contributed by atoms with Gasteiger partial charge < -0.3 is 10.1 Å². The van der Waals surface area contributed by atoms with E-state index >= 15 is 0 Å². The first kappa shape index (κ1) is 15.3. The number of ketones is 1. The Balaban J connectivity index is 1.90. The number of ether oxygens (including phenoxy) is 1. The Morgan fingerprint density at radius 1 is 1.41 bits per heavy atom. The second-order valence-corrected chi connectivity index (χ2v) is 7.31. The fourth-order valence-corrected chi connectivity index (χ4v) is 4.17. The summed E-state index contributed by atoms with van der Waals surface area (Å²) in [5.41, 5.74) is -0.787. The summed E-state index contributed by atoms with van der Waals surface area (Å²) in [7, 11) is 1.53. The molecule has 4 nitrogen and oxygen atoms in total. The molecule has 1 aromatic carbocycles. The monoisotopic (exact) mass is 321 g/mol. The highest BCUT2D eigenvalue weighted by molar-refractivity contribution is 6.31. The fourth-order valence-electron chi connectivity index (χ4n) is 4.00. The molecule has 2 aliphatic carbocycles. The van der Waals surface area contributed by atoms with E-state index in [1.54, 1.807) is 18.2 Å². The summed E-state index contributed by atoms with van der Waals surface area (Å²) in [5.74, 6) is 0.668. The van der Waals surface area contributed by atoms with Gasteiger partial charge in [0.25, 0.3) is 0 Å². The Morgan fingerprint density at radius 3 is 2.73 bits per heavy atom. The van der Waals surface area contributed by atoms with Crippen LogP contribution in [0.25, 0.3) is 0 Å². The second-order valence-electron chi connectivity index (χ2n) is 6.87. The number of fused-ring (bicyclic) bond motifs is 2. The summed E-state index contributed by atoms with van der Waals surface area (Å²) in [6.45, 7) is 3.91. The van der Waals surface area contributed by atoms with Crippen molar-refractivity contribution >= 4 is 29.0 Å². The number of hydrogen-bond acceptors (Lipinski definition) is 3. The number of halogens is 1. The molecular formula is C17H20ClNO3. The van der Waals surface area contributed by atoms with Gasteiger partial charge in [0.15, 0.2) is 5.78 Å². The number of amides is 1. The average Bonchev–Trinajstić information content (AvgIpc) is 2.99. The second kappa shape index (κ2) is 4.98. The molecule has 22 heavy (non-hydrogen) atoms. The number of nitrogens with one attached hydrogen (secondary N) is 1. The van der Waals surface area contributed by atoms with Crippen LogP contribution in [0.15, 0.2) is 18.2 Å². The summed E-state index contributed by atoms with van der Waals surface area (Å²) >= 11 is 5.99. The Hall–Kier alpha value is -1.55. The van der Waals surface area contributed by atoms with Crippen LogP contribution in [0, 0.1) is 16.7 Å². The van der Waals surface area contributed by atoms with E-state index in [9.17, 15) is 9.59 Å². The zero-order valence-electron chi connectivity index (χ0n) is 13.0. The molecule has 0 aliphatic heterocycles. The van der Waals surface area contributed by atoms with E-state index in [0.717, 1.165) is 6.42 Å². The molecule has 0 radical (unpaired) electrons. The highest BCUT2D eigenvalue weighted by atomic mass is 35.5. The van der Waals surface area contributed by atoms with Crippen LogP contribution in [0.3, 0.4) is 0 Å². The molecule has 3 rings (SSSR count). The molecule has 0 saturated heterocycles. The predicted molar refractivity (Wildman–Crippen MR) is 85.2 cm³/mol. The molecule has 2 fully saturated rings. The third kappa shape index (κ3) is 2.04. The maximum atomic E-state index is 12.8. The largest absolute Gasteiger partial charge is 0.495 e. The summed E-state index contributed by atoms with van der Waals surface area (Å²) in [5, 5.41) is 3.37. The highest BCUT2D eigenvalue weighted by Gasteiger charge is 2.65. The van der Waals surface area contributed by atoms with Gasteiger partial charge >= 0.3 is 0 Å². The van der Waals surface area contributed by atoms with Crippen molar-refractivity contribution in [1.29, 1.82) is 0 Å². The van der Waals surface area contributed by atoms with Crippen LogP contribution in [-0.2, 0) is 9.59 Å². The van der Waals surface area contributed by atoms with Gasteiger partial charge in [-0.3, -0.25) is 9.59 Å². The van der Waals surface area contributed by atoms with Gasteiger partial charge in [-0.15, -0.1) is 0 Å². The van der Waals surface area contributed by atoms with Crippen LogP contribution in [-0.4, -0.2) is 18.8 Å². The van der Waals surface area contributed by atoms with Crippen molar-refractivity contribution in [3.63, 3.8) is 0 Å². The van der Waals surface area contributed by atoms with Crippen molar-refractivity contribution in [2.45, 2.75) is 33.1 Å². The minimum atomic E-state index is -0.887. The third-order valence-corrected chi connectivity index (χ3v) is 5.63. The van der Waals surface area contributed by atoms with Crippen LogP contribution >= 0.6 is 11.6 Å². The molecular weight excluding hydrogens is 302 g/mol. The van der Waals surface area contributed by atoms with Crippen molar-refractivity contribution in [2.24, 2.45) is 16.7 Å².